The van der Waals surface area contributed by atoms with Crippen molar-refractivity contribution >= 4 is 0 Å². The molecule has 3 aliphatic rings. The highest BCUT2D eigenvalue weighted by atomic mass is 19.1. The Bertz CT molecular complexity index is 737. The van der Waals surface area contributed by atoms with Gasteiger partial charge < -0.3 is 0 Å². The quantitative estimate of drug-likeness (QED) is 0.324. The Morgan fingerprint density at radius 3 is 2.03 bits per heavy atom. The van der Waals surface area contributed by atoms with Gasteiger partial charge in [0.15, 0.2) is 0 Å². The number of allylic oxidation sites excluding steroid dienone is 1. The lowest BCUT2D eigenvalue weighted by atomic mass is 9.63. The highest BCUT2D eigenvalue weighted by molar-refractivity contribution is 5.29. The minimum atomic E-state index is -0.360. The van der Waals surface area contributed by atoms with Gasteiger partial charge in [-0.25, -0.2) is 8.78 Å². The van der Waals surface area contributed by atoms with E-state index in [4.69, 9.17) is 0 Å². The summed E-state index contributed by atoms with van der Waals surface area (Å²) >= 11 is 0. The van der Waals surface area contributed by atoms with Crippen LogP contribution in [0.5, 0.6) is 0 Å². The molecule has 1 aromatic rings. The minimum Gasteiger partial charge on any atom is -0.207 e. The van der Waals surface area contributed by atoms with E-state index < -0.39 is 0 Å². The zero-order valence-electron chi connectivity index (χ0n) is 21.0. The lowest BCUT2D eigenvalue weighted by molar-refractivity contribution is 0.108. The summed E-state index contributed by atoms with van der Waals surface area (Å²) in [5, 5.41) is 0. The van der Waals surface area contributed by atoms with Gasteiger partial charge in [0, 0.05) is 5.56 Å². The molecule has 3 aliphatic carbocycles. The molecule has 33 heavy (non-hydrogen) atoms. The summed E-state index contributed by atoms with van der Waals surface area (Å²) in [6.07, 6.45) is 21.9. The second-order valence-electron chi connectivity index (χ2n) is 11.8. The summed E-state index contributed by atoms with van der Waals surface area (Å²) in [5.74, 6) is 4.16. The first kappa shape index (κ1) is 24.9. The average Bonchev–Trinajstić information content (AvgIpc) is 2.83. The molecule has 4 rings (SSSR count). The van der Waals surface area contributed by atoms with Gasteiger partial charge in [-0.1, -0.05) is 70.8 Å². The maximum Gasteiger partial charge on any atom is 0.129 e. The van der Waals surface area contributed by atoms with Gasteiger partial charge in [0.1, 0.15) is 11.6 Å². The maximum absolute atomic E-state index is 14.6. The molecule has 4 unspecified atom stereocenters. The monoisotopic (exact) mass is 456 g/mol. The lowest BCUT2D eigenvalue weighted by Crippen LogP contribution is -2.31. The van der Waals surface area contributed by atoms with Crippen LogP contribution in [0.15, 0.2) is 24.8 Å². The average molecular weight is 457 g/mol. The Balaban J connectivity index is 1.24. The number of benzene rings is 1. The molecular weight excluding hydrogens is 410 g/mol. The molecule has 0 aliphatic heterocycles. The highest BCUT2D eigenvalue weighted by Crippen LogP contribution is 2.49. The number of halogens is 2. The van der Waals surface area contributed by atoms with Crippen molar-refractivity contribution in [2.24, 2.45) is 29.6 Å². The van der Waals surface area contributed by atoms with Crippen LogP contribution in [0, 0.1) is 41.2 Å². The Hall–Kier alpha value is -1.18. The van der Waals surface area contributed by atoms with E-state index in [0.29, 0.717) is 18.8 Å². The number of fused-ring (bicyclic) bond motifs is 1. The van der Waals surface area contributed by atoms with Crippen LogP contribution in [-0.2, 0) is 6.42 Å². The molecule has 0 aromatic heterocycles. The van der Waals surface area contributed by atoms with Crippen molar-refractivity contribution in [1.29, 1.82) is 0 Å². The molecule has 2 heteroatoms. The molecular formula is C31H46F2. The molecule has 0 bridgehead atoms. The molecule has 4 atom stereocenters. The number of hydrogen-bond acceptors (Lipinski definition) is 0. The zero-order chi connectivity index (χ0) is 23.2. The van der Waals surface area contributed by atoms with E-state index in [2.05, 4.69) is 13.5 Å². The predicted octanol–water partition coefficient (Wildman–Crippen LogP) is 9.77. The smallest absolute Gasteiger partial charge is 0.129 e. The second kappa shape index (κ2) is 12.0. The zero-order valence-corrected chi connectivity index (χ0v) is 21.0. The van der Waals surface area contributed by atoms with Gasteiger partial charge in [-0.15, -0.1) is 6.58 Å². The first-order valence-electron chi connectivity index (χ1n) is 14.2. The van der Waals surface area contributed by atoms with Crippen LogP contribution >= 0.6 is 0 Å². The summed E-state index contributed by atoms with van der Waals surface area (Å²) in [5.41, 5.74) is 1.12. The van der Waals surface area contributed by atoms with Crippen LogP contribution in [0.1, 0.15) is 120 Å². The van der Waals surface area contributed by atoms with Crippen LogP contribution in [0.2, 0.25) is 0 Å². The van der Waals surface area contributed by atoms with Gasteiger partial charge >= 0.3 is 0 Å². The van der Waals surface area contributed by atoms with E-state index in [1.165, 1.54) is 77.0 Å². The van der Waals surface area contributed by atoms with Crippen LogP contribution < -0.4 is 0 Å². The Kier molecular flexibility index (Phi) is 9.05. The van der Waals surface area contributed by atoms with Crippen LogP contribution in [0.4, 0.5) is 8.78 Å². The molecule has 0 N–H and O–H groups in total. The van der Waals surface area contributed by atoms with E-state index >= 15 is 0 Å². The van der Waals surface area contributed by atoms with Gasteiger partial charge in [0.05, 0.1) is 0 Å². The Morgan fingerprint density at radius 2 is 1.36 bits per heavy atom. The lowest BCUT2D eigenvalue weighted by Gasteiger charge is -2.43. The molecule has 0 amide bonds. The van der Waals surface area contributed by atoms with Gasteiger partial charge in [0.25, 0.3) is 0 Å². The minimum absolute atomic E-state index is 0.228. The largest absolute Gasteiger partial charge is 0.207 e. The summed E-state index contributed by atoms with van der Waals surface area (Å²) in [6, 6.07) is 3.26. The van der Waals surface area contributed by atoms with E-state index in [1.807, 2.05) is 0 Å². The third-order valence-corrected chi connectivity index (χ3v) is 9.60. The van der Waals surface area contributed by atoms with Gasteiger partial charge in [-0.3, -0.25) is 0 Å². The van der Waals surface area contributed by atoms with Gasteiger partial charge in [0.2, 0.25) is 0 Å². The number of rotatable bonds is 9. The van der Waals surface area contributed by atoms with Gasteiger partial charge in [-0.2, -0.15) is 0 Å². The molecule has 184 valence electrons. The van der Waals surface area contributed by atoms with E-state index in [9.17, 15) is 8.78 Å². The maximum atomic E-state index is 14.6. The van der Waals surface area contributed by atoms with E-state index in [1.54, 1.807) is 18.2 Å². The third kappa shape index (κ3) is 6.49. The second-order valence-corrected chi connectivity index (χ2v) is 11.8. The summed E-state index contributed by atoms with van der Waals surface area (Å²) in [6.45, 7) is 6.00. The van der Waals surface area contributed by atoms with Crippen molar-refractivity contribution in [3.8, 4) is 0 Å². The van der Waals surface area contributed by atoms with Gasteiger partial charge in [-0.05, 0) is 98.1 Å². The fraction of sp³-hybridized carbons (Fsp3) is 0.742. The first-order chi connectivity index (χ1) is 16.1. The van der Waals surface area contributed by atoms with Crippen molar-refractivity contribution in [2.45, 2.75) is 116 Å². The first-order valence-corrected chi connectivity index (χ1v) is 14.2. The van der Waals surface area contributed by atoms with Crippen molar-refractivity contribution in [2.75, 3.05) is 0 Å². The SMILES string of the molecule is C=CCCc1c(F)cc(C2CCC3CC(CCC4CCC(CCC)CC4)CCC3C2)cc1F. The number of hydrogen-bond donors (Lipinski definition) is 0. The standard InChI is InChI=1S/C31H46F2/c1-3-5-7-29-30(32)20-28(21-31(29)33)27-17-16-25-18-24(14-15-26(25)19-27)13-12-23-10-8-22(6-4-2)9-11-23/h3,20-27H,1,4-19H2,2H3. The molecule has 3 fully saturated rings. The van der Waals surface area contributed by atoms with Crippen molar-refractivity contribution in [3.63, 3.8) is 0 Å². The normalized spacial score (nSPS) is 32.3. The summed E-state index contributed by atoms with van der Waals surface area (Å²) in [7, 11) is 0. The summed E-state index contributed by atoms with van der Waals surface area (Å²) in [4.78, 5) is 0. The van der Waals surface area contributed by atoms with Crippen LogP contribution in [0.25, 0.3) is 0 Å². The topological polar surface area (TPSA) is 0 Å². The predicted molar refractivity (Wildman–Crippen MR) is 135 cm³/mol. The molecule has 0 spiro atoms. The molecule has 1 aromatic carbocycles. The highest BCUT2D eigenvalue weighted by Gasteiger charge is 2.36. The van der Waals surface area contributed by atoms with Crippen LogP contribution in [-0.4, -0.2) is 0 Å². The van der Waals surface area contributed by atoms with Crippen molar-refractivity contribution in [1.82, 2.24) is 0 Å². The fourth-order valence-electron chi connectivity index (χ4n) is 7.58. The molecule has 0 saturated heterocycles. The molecule has 0 heterocycles. The van der Waals surface area contributed by atoms with E-state index in [-0.39, 0.29) is 17.2 Å². The van der Waals surface area contributed by atoms with Crippen molar-refractivity contribution in [3.05, 3.63) is 47.5 Å². The fourth-order valence-corrected chi connectivity index (χ4v) is 7.58. The Morgan fingerprint density at radius 1 is 0.788 bits per heavy atom. The third-order valence-electron chi connectivity index (χ3n) is 9.60. The van der Waals surface area contributed by atoms with Crippen molar-refractivity contribution < 1.29 is 8.78 Å². The molecule has 0 nitrogen and oxygen atoms in total. The molecule has 3 saturated carbocycles. The Labute approximate surface area is 201 Å². The molecule has 0 radical (unpaired) electrons. The summed E-state index contributed by atoms with van der Waals surface area (Å²) < 4.78 is 29.2. The van der Waals surface area contributed by atoms with Crippen LogP contribution in [0.3, 0.4) is 0 Å². The van der Waals surface area contributed by atoms with E-state index in [0.717, 1.165) is 48.0 Å².